The number of anilines is 3. The predicted molar refractivity (Wildman–Crippen MR) is 237 cm³/mol. The number of fused-ring (bicyclic) bond motifs is 1. The first-order chi connectivity index (χ1) is 28.7. The van der Waals surface area contributed by atoms with E-state index in [9.17, 15) is 18.0 Å². The second kappa shape index (κ2) is 19.6. The molecule has 1 saturated heterocycles. The van der Waals surface area contributed by atoms with Crippen LogP contribution >= 0.6 is 0 Å². The van der Waals surface area contributed by atoms with E-state index >= 15 is 0 Å². The van der Waals surface area contributed by atoms with Gasteiger partial charge in [0.2, 0.25) is 10.0 Å². The van der Waals surface area contributed by atoms with Crippen molar-refractivity contribution in [2.75, 3.05) is 68.7 Å². The predicted octanol–water partition coefficient (Wildman–Crippen LogP) is 9.02. The molecular formula is C46H55N5O8S. The van der Waals surface area contributed by atoms with Crippen molar-refractivity contribution in [1.29, 1.82) is 0 Å². The minimum absolute atomic E-state index is 0.0801. The van der Waals surface area contributed by atoms with Gasteiger partial charge in [0.1, 0.15) is 17.2 Å². The van der Waals surface area contributed by atoms with Crippen molar-refractivity contribution in [3.8, 4) is 23.0 Å². The molecule has 2 amide bonds. The van der Waals surface area contributed by atoms with Gasteiger partial charge in [-0.25, -0.2) is 13.2 Å². The number of methoxy groups -OCH3 is 2. The van der Waals surface area contributed by atoms with Crippen LogP contribution in [0.15, 0.2) is 85.1 Å². The molecule has 0 saturated carbocycles. The third-order valence-corrected chi connectivity index (χ3v) is 10.9. The van der Waals surface area contributed by atoms with Gasteiger partial charge in [-0.2, -0.15) is 0 Å². The molecule has 5 aromatic rings. The van der Waals surface area contributed by atoms with Gasteiger partial charge in [0, 0.05) is 54.7 Å². The Balaban J connectivity index is 1.12. The zero-order chi connectivity index (χ0) is 42.9. The summed E-state index contributed by atoms with van der Waals surface area (Å²) in [6, 6.07) is 23.4. The lowest BCUT2D eigenvalue weighted by atomic mass is 9.86. The Morgan fingerprint density at radius 1 is 0.817 bits per heavy atom. The second-order valence-corrected chi connectivity index (χ2v) is 17.7. The van der Waals surface area contributed by atoms with Gasteiger partial charge in [0.15, 0.2) is 11.5 Å². The average molecular weight is 838 g/mol. The maximum atomic E-state index is 13.5. The van der Waals surface area contributed by atoms with Crippen LogP contribution in [-0.4, -0.2) is 83.4 Å². The quantitative estimate of drug-likeness (QED) is 0.0610. The Labute approximate surface area is 352 Å². The fourth-order valence-electron chi connectivity index (χ4n) is 7.18. The monoisotopic (exact) mass is 837 g/mol. The van der Waals surface area contributed by atoms with Gasteiger partial charge < -0.3 is 29.6 Å². The van der Waals surface area contributed by atoms with Crippen molar-refractivity contribution in [1.82, 2.24) is 9.88 Å². The standard InChI is InChI=1S/C46H55N5O8S/c1-46(2,3)32-28-39(44(57-5)40(29-32)50-60(6,54)55)49-45(53)48-38-17-18-42(36-13-10-9-12-35(36)38)59-34-19-20-47-33(30-34)26-31-15-16-37(43(27-31)56-4)41(52)14-8-7-11-21-51-22-24-58-25-23-51/h9-10,12-13,15-20,27-30,50H,7-8,11,14,21-26H2,1-6H3,(H2,48,49,53). The van der Waals surface area contributed by atoms with E-state index in [-0.39, 0.29) is 22.6 Å². The highest BCUT2D eigenvalue weighted by Gasteiger charge is 2.23. The second-order valence-electron chi connectivity index (χ2n) is 15.9. The van der Waals surface area contributed by atoms with Crippen LogP contribution in [0.2, 0.25) is 0 Å². The van der Waals surface area contributed by atoms with Crippen LogP contribution in [0.4, 0.5) is 21.9 Å². The van der Waals surface area contributed by atoms with E-state index < -0.39 is 16.1 Å². The SMILES string of the molecule is COc1cc(Cc2cc(Oc3ccc(NC(=O)Nc4cc(C(C)(C)C)cc(NS(C)(=O)=O)c4OC)c4ccccc34)ccn2)ccc1C(=O)CCCCCN1CCOCC1. The molecule has 6 rings (SSSR count). The van der Waals surface area contributed by atoms with Crippen LogP contribution in [-0.2, 0) is 26.6 Å². The number of carbonyl (C=O) groups is 2. The number of unbranched alkanes of at least 4 members (excludes halogenated alkanes) is 2. The largest absolute Gasteiger partial charge is 0.496 e. The van der Waals surface area contributed by atoms with E-state index in [1.807, 2.05) is 69.3 Å². The summed E-state index contributed by atoms with van der Waals surface area (Å²) in [6.07, 6.45) is 6.64. The minimum Gasteiger partial charge on any atom is -0.496 e. The summed E-state index contributed by atoms with van der Waals surface area (Å²) in [5.41, 5.74) is 3.79. The summed E-state index contributed by atoms with van der Waals surface area (Å²) in [6.45, 7) is 10.6. The molecule has 1 aliphatic rings. The van der Waals surface area contributed by atoms with E-state index in [4.69, 9.17) is 18.9 Å². The lowest BCUT2D eigenvalue weighted by molar-refractivity contribution is 0.0371. The number of hydrogen-bond acceptors (Lipinski definition) is 10. The van der Waals surface area contributed by atoms with Crippen LogP contribution < -0.4 is 29.6 Å². The Hall–Kier alpha value is -5.70. The van der Waals surface area contributed by atoms with Gasteiger partial charge in [0.25, 0.3) is 0 Å². The van der Waals surface area contributed by atoms with Gasteiger partial charge in [-0.3, -0.25) is 19.4 Å². The number of urea groups is 1. The Kier molecular flexibility index (Phi) is 14.3. The first kappa shape index (κ1) is 43.9. The number of hydrogen-bond donors (Lipinski definition) is 3. The summed E-state index contributed by atoms with van der Waals surface area (Å²) in [5, 5.41) is 7.30. The molecule has 318 valence electrons. The van der Waals surface area contributed by atoms with Crippen molar-refractivity contribution in [2.24, 2.45) is 0 Å². The van der Waals surface area contributed by atoms with Gasteiger partial charge in [-0.15, -0.1) is 0 Å². The molecule has 0 unspecified atom stereocenters. The van der Waals surface area contributed by atoms with Crippen molar-refractivity contribution in [3.63, 3.8) is 0 Å². The number of ketones is 1. The number of pyridine rings is 1. The molecule has 60 heavy (non-hydrogen) atoms. The number of sulfonamides is 1. The molecule has 1 aromatic heterocycles. The van der Waals surface area contributed by atoms with Gasteiger partial charge in [-0.05, 0) is 78.4 Å². The lowest BCUT2D eigenvalue weighted by Crippen LogP contribution is -2.36. The zero-order valence-corrected chi connectivity index (χ0v) is 36.0. The van der Waals surface area contributed by atoms with E-state index in [1.54, 1.807) is 43.6 Å². The van der Waals surface area contributed by atoms with Crippen molar-refractivity contribution >= 4 is 49.7 Å². The first-order valence-corrected chi connectivity index (χ1v) is 22.0. The summed E-state index contributed by atoms with van der Waals surface area (Å²) in [4.78, 5) is 33.7. The molecule has 13 nitrogen and oxygen atoms in total. The Morgan fingerprint density at radius 2 is 1.55 bits per heavy atom. The molecule has 1 fully saturated rings. The van der Waals surface area contributed by atoms with Gasteiger partial charge in [-0.1, -0.05) is 57.5 Å². The molecule has 0 spiro atoms. The zero-order valence-electron chi connectivity index (χ0n) is 35.2. The molecule has 0 bridgehead atoms. The smallest absolute Gasteiger partial charge is 0.323 e. The number of ether oxygens (including phenoxy) is 4. The fraction of sp³-hybridized carbons (Fsp3) is 0.370. The molecule has 3 N–H and O–H groups in total. The highest BCUT2D eigenvalue weighted by molar-refractivity contribution is 7.92. The number of rotatable bonds is 17. The Morgan fingerprint density at radius 3 is 2.27 bits per heavy atom. The molecule has 0 radical (unpaired) electrons. The number of nitrogens with one attached hydrogen (secondary N) is 3. The summed E-state index contributed by atoms with van der Waals surface area (Å²) in [7, 11) is -0.640. The maximum Gasteiger partial charge on any atom is 0.323 e. The van der Waals surface area contributed by atoms with Crippen LogP contribution in [0.25, 0.3) is 10.8 Å². The van der Waals surface area contributed by atoms with E-state index in [0.29, 0.717) is 47.0 Å². The molecule has 4 aromatic carbocycles. The topological polar surface area (TPSA) is 157 Å². The minimum atomic E-state index is -3.64. The first-order valence-electron chi connectivity index (χ1n) is 20.1. The third-order valence-electron chi connectivity index (χ3n) is 10.3. The van der Waals surface area contributed by atoms with Crippen LogP contribution in [0.1, 0.15) is 73.6 Å². The van der Waals surface area contributed by atoms with Gasteiger partial charge in [0.05, 0.1) is 56.3 Å². The van der Waals surface area contributed by atoms with E-state index in [2.05, 4.69) is 25.2 Å². The van der Waals surface area contributed by atoms with Crippen LogP contribution in [0.5, 0.6) is 23.0 Å². The van der Waals surface area contributed by atoms with Crippen LogP contribution in [0.3, 0.4) is 0 Å². The number of morpholine rings is 1. The summed E-state index contributed by atoms with van der Waals surface area (Å²) >= 11 is 0. The fourth-order valence-corrected chi connectivity index (χ4v) is 7.73. The lowest BCUT2D eigenvalue weighted by Gasteiger charge is -2.26. The summed E-state index contributed by atoms with van der Waals surface area (Å²) < 4.78 is 50.0. The van der Waals surface area contributed by atoms with E-state index in [0.717, 1.165) is 86.0 Å². The molecule has 0 aliphatic carbocycles. The van der Waals surface area contributed by atoms with Crippen molar-refractivity contribution in [3.05, 3.63) is 107 Å². The van der Waals surface area contributed by atoms with Crippen LogP contribution in [0, 0.1) is 0 Å². The number of amides is 2. The molecule has 0 atom stereocenters. The number of carbonyl (C=O) groups excluding carboxylic acids is 2. The number of Topliss-reactive ketones (excluding diaryl/α,β-unsaturated/α-hetero) is 1. The molecule has 1 aliphatic heterocycles. The molecule has 14 heteroatoms. The maximum absolute atomic E-state index is 13.5. The highest BCUT2D eigenvalue weighted by Crippen LogP contribution is 2.40. The average Bonchev–Trinajstić information content (AvgIpc) is 3.21. The number of benzene rings is 4. The van der Waals surface area contributed by atoms with Crippen molar-refractivity contribution < 1.29 is 37.0 Å². The van der Waals surface area contributed by atoms with Crippen molar-refractivity contribution in [2.45, 2.75) is 58.3 Å². The Bertz CT molecular complexity index is 2430. The van der Waals surface area contributed by atoms with Gasteiger partial charge >= 0.3 is 6.03 Å². The molecule has 2 heterocycles. The van der Waals surface area contributed by atoms with E-state index in [1.165, 1.54) is 7.11 Å². The number of aromatic nitrogens is 1. The number of nitrogens with zero attached hydrogens (tertiary/aromatic N) is 2. The summed E-state index contributed by atoms with van der Waals surface area (Å²) in [5.74, 6) is 1.97. The highest BCUT2D eigenvalue weighted by atomic mass is 32.2. The normalized spacial score (nSPS) is 13.4. The molecular weight excluding hydrogens is 783 g/mol. The third kappa shape index (κ3) is 11.7.